The van der Waals surface area contributed by atoms with Gasteiger partial charge in [-0.1, -0.05) is 6.07 Å². The summed E-state index contributed by atoms with van der Waals surface area (Å²) in [7, 11) is 0. The number of non-ortho nitro benzene ring substituents is 1. The molecule has 0 aliphatic carbocycles. The maximum absolute atomic E-state index is 12.1. The van der Waals surface area contributed by atoms with Gasteiger partial charge < -0.3 is 0 Å². The molecule has 3 aromatic rings. The monoisotopic (exact) mass is 347 g/mol. The summed E-state index contributed by atoms with van der Waals surface area (Å²) in [6, 6.07) is 9.33. The Balaban J connectivity index is 1.73. The minimum atomic E-state index is -0.488. The summed E-state index contributed by atoms with van der Waals surface area (Å²) in [5, 5.41) is 13.1. The van der Waals surface area contributed by atoms with Crippen LogP contribution >= 0.6 is 22.7 Å². The molecule has 0 atom stereocenters. The summed E-state index contributed by atoms with van der Waals surface area (Å²) in [6.45, 7) is 0. The summed E-state index contributed by atoms with van der Waals surface area (Å²) in [4.78, 5) is 34.9. The Labute approximate surface area is 137 Å². The quantitative estimate of drug-likeness (QED) is 0.562. The molecule has 2 N–H and O–H groups in total. The summed E-state index contributed by atoms with van der Waals surface area (Å²) in [6.07, 6.45) is 0. The summed E-state index contributed by atoms with van der Waals surface area (Å²) >= 11 is 2.45. The lowest BCUT2D eigenvalue weighted by Crippen LogP contribution is -2.41. The summed E-state index contributed by atoms with van der Waals surface area (Å²) < 4.78 is 0.755. The van der Waals surface area contributed by atoms with E-state index in [0.29, 0.717) is 15.1 Å². The second-order valence-corrected chi connectivity index (χ2v) is 6.51. The van der Waals surface area contributed by atoms with Crippen molar-refractivity contribution in [2.24, 2.45) is 0 Å². The third kappa shape index (κ3) is 3.20. The highest BCUT2D eigenvalue weighted by atomic mass is 32.1. The van der Waals surface area contributed by atoms with E-state index in [1.807, 2.05) is 0 Å². The second kappa shape index (κ2) is 6.15. The average Bonchev–Trinajstić information content (AvgIpc) is 3.20. The number of hydrazine groups is 1. The first kappa shape index (κ1) is 15.1. The highest BCUT2D eigenvalue weighted by Gasteiger charge is 2.14. The van der Waals surface area contributed by atoms with Crippen LogP contribution in [-0.4, -0.2) is 16.7 Å². The van der Waals surface area contributed by atoms with E-state index in [1.54, 1.807) is 29.6 Å². The van der Waals surface area contributed by atoms with Gasteiger partial charge in [-0.25, -0.2) is 0 Å². The fraction of sp³-hybridized carbons (Fsp3) is 0. The van der Waals surface area contributed by atoms with Crippen LogP contribution in [0.15, 0.2) is 41.8 Å². The molecular formula is C14H9N3O4S2. The number of carbonyl (C=O) groups is 2. The van der Waals surface area contributed by atoms with Crippen molar-refractivity contribution >= 4 is 50.3 Å². The zero-order chi connectivity index (χ0) is 16.4. The minimum absolute atomic E-state index is 0.0340. The molecule has 0 unspecified atom stereocenters. The highest BCUT2D eigenvalue weighted by molar-refractivity contribution is 7.20. The number of amides is 2. The van der Waals surface area contributed by atoms with Crippen molar-refractivity contribution in [2.45, 2.75) is 0 Å². The van der Waals surface area contributed by atoms with E-state index in [4.69, 9.17) is 0 Å². The maximum Gasteiger partial charge on any atom is 0.279 e. The lowest BCUT2D eigenvalue weighted by atomic mass is 10.2. The van der Waals surface area contributed by atoms with Crippen LogP contribution in [0.25, 0.3) is 10.1 Å². The zero-order valence-electron chi connectivity index (χ0n) is 11.4. The number of hydrogen-bond acceptors (Lipinski definition) is 6. The van der Waals surface area contributed by atoms with E-state index in [2.05, 4.69) is 10.9 Å². The molecule has 9 heteroatoms. The third-order valence-corrected chi connectivity index (χ3v) is 4.95. The van der Waals surface area contributed by atoms with E-state index in [1.165, 1.54) is 34.8 Å². The van der Waals surface area contributed by atoms with Crippen LogP contribution in [0.4, 0.5) is 5.69 Å². The molecule has 2 aromatic heterocycles. The van der Waals surface area contributed by atoms with Crippen LogP contribution in [-0.2, 0) is 0 Å². The van der Waals surface area contributed by atoms with Gasteiger partial charge in [0.2, 0.25) is 0 Å². The van der Waals surface area contributed by atoms with Gasteiger partial charge in [0.15, 0.2) is 0 Å². The van der Waals surface area contributed by atoms with Crippen LogP contribution < -0.4 is 10.9 Å². The Bertz CT molecular complexity index is 902. The molecule has 7 nitrogen and oxygen atoms in total. The average molecular weight is 347 g/mol. The first-order valence-corrected chi connectivity index (χ1v) is 8.06. The van der Waals surface area contributed by atoms with Crippen molar-refractivity contribution in [1.29, 1.82) is 0 Å². The number of hydrogen-bond donors (Lipinski definition) is 2. The molecule has 0 bridgehead atoms. The Morgan fingerprint density at radius 2 is 1.78 bits per heavy atom. The molecule has 0 aliphatic rings. The molecule has 2 heterocycles. The van der Waals surface area contributed by atoms with Gasteiger partial charge in [-0.15, -0.1) is 22.7 Å². The molecule has 0 spiro atoms. The van der Waals surface area contributed by atoms with Crippen molar-refractivity contribution in [2.75, 3.05) is 0 Å². The summed E-state index contributed by atoms with van der Waals surface area (Å²) in [5.74, 6) is -0.871. The Kier molecular flexibility index (Phi) is 4.04. The van der Waals surface area contributed by atoms with Gasteiger partial charge in [0.05, 0.1) is 14.7 Å². The van der Waals surface area contributed by atoms with Crippen LogP contribution in [0.3, 0.4) is 0 Å². The molecule has 116 valence electrons. The largest absolute Gasteiger partial charge is 0.279 e. The van der Waals surface area contributed by atoms with Crippen molar-refractivity contribution in [3.8, 4) is 0 Å². The smallest absolute Gasteiger partial charge is 0.266 e. The number of nitro benzene ring substituents is 1. The van der Waals surface area contributed by atoms with Crippen LogP contribution in [0.1, 0.15) is 19.3 Å². The normalized spacial score (nSPS) is 10.4. The maximum atomic E-state index is 12.1. The number of fused-ring (bicyclic) bond motifs is 1. The molecule has 0 saturated carbocycles. The van der Waals surface area contributed by atoms with E-state index in [0.717, 1.165) is 4.70 Å². The molecular weight excluding hydrogens is 338 g/mol. The van der Waals surface area contributed by atoms with Crippen molar-refractivity contribution in [3.63, 3.8) is 0 Å². The van der Waals surface area contributed by atoms with E-state index < -0.39 is 16.7 Å². The Morgan fingerprint density at radius 1 is 1.04 bits per heavy atom. The fourth-order valence-electron chi connectivity index (χ4n) is 1.90. The van der Waals surface area contributed by atoms with Crippen LogP contribution in [0, 0.1) is 10.1 Å². The van der Waals surface area contributed by atoms with Gasteiger partial charge in [0, 0.05) is 22.2 Å². The Hall–Kier alpha value is -2.78. The molecule has 0 saturated heterocycles. The van der Waals surface area contributed by atoms with Gasteiger partial charge in [-0.2, -0.15) is 0 Å². The number of nitrogens with one attached hydrogen (secondary N) is 2. The van der Waals surface area contributed by atoms with E-state index >= 15 is 0 Å². The topological polar surface area (TPSA) is 101 Å². The number of nitro groups is 1. The van der Waals surface area contributed by atoms with Crippen molar-refractivity contribution < 1.29 is 14.5 Å². The highest BCUT2D eigenvalue weighted by Crippen LogP contribution is 2.28. The second-order valence-electron chi connectivity index (χ2n) is 4.48. The lowest BCUT2D eigenvalue weighted by Gasteiger charge is -2.04. The molecule has 3 rings (SSSR count). The number of carbonyl (C=O) groups excluding carboxylic acids is 2. The van der Waals surface area contributed by atoms with Crippen LogP contribution in [0.2, 0.25) is 0 Å². The molecule has 1 aromatic carbocycles. The van der Waals surface area contributed by atoms with Gasteiger partial charge >= 0.3 is 0 Å². The minimum Gasteiger partial charge on any atom is -0.266 e. The first-order chi connectivity index (χ1) is 11.0. The zero-order valence-corrected chi connectivity index (χ0v) is 13.1. The van der Waals surface area contributed by atoms with E-state index in [9.17, 15) is 19.7 Å². The lowest BCUT2D eigenvalue weighted by molar-refractivity contribution is -0.384. The Morgan fingerprint density at radius 3 is 2.43 bits per heavy atom. The van der Waals surface area contributed by atoms with Crippen LogP contribution in [0.5, 0.6) is 0 Å². The number of thiophene rings is 2. The van der Waals surface area contributed by atoms with Gasteiger partial charge in [-0.05, 0) is 23.6 Å². The SMILES string of the molecule is O=C(NNC(=O)c1cc2cc([N+](=O)[O-])ccc2s1)c1cccs1. The third-order valence-electron chi connectivity index (χ3n) is 2.97. The molecule has 23 heavy (non-hydrogen) atoms. The van der Waals surface area contributed by atoms with E-state index in [-0.39, 0.29) is 5.69 Å². The van der Waals surface area contributed by atoms with Gasteiger partial charge in [0.25, 0.3) is 17.5 Å². The molecule has 0 fully saturated rings. The first-order valence-electron chi connectivity index (χ1n) is 6.37. The number of benzene rings is 1. The number of rotatable bonds is 3. The molecule has 0 radical (unpaired) electrons. The fourth-order valence-corrected chi connectivity index (χ4v) is 3.46. The summed E-state index contributed by atoms with van der Waals surface area (Å²) in [5.41, 5.74) is 4.62. The van der Waals surface area contributed by atoms with Gasteiger partial charge in [-0.3, -0.25) is 30.6 Å². The number of nitrogens with zero attached hydrogens (tertiary/aromatic N) is 1. The van der Waals surface area contributed by atoms with Crippen molar-refractivity contribution in [1.82, 2.24) is 10.9 Å². The van der Waals surface area contributed by atoms with Crippen molar-refractivity contribution in [3.05, 3.63) is 61.6 Å². The molecule has 0 aliphatic heterocycles. The molecule has 2 amide bonds. The standard InChI is InChI=1S/C14H9N3O4S2/c18-13(11-2-1-5-22-11)15-16-14(19)12-7-8-6-9(17(20)21)3-4-10(8)23-12/h1-7H,(H,15,18)(H,16,19). The predicted molar refractivity (Wildman–Crippen MR) is 87.7 cm³/mol. The predicted octanol–water partition coefficient (Wildman–Crippen LogP) is 2.95. The van der Waals surface area contributed by atoms with Gasteiger partial charge in [0.1, 0.15) is 0 Å².